The monoisotopic (exact) mass is 208 g/mol. The Hall–Kier alpha value is -1.18. The number of aromatic hydroxyl groups is 2. The number of aryl methyl sites for hydroxylation is 1. The van der Waals surface area contributed by atoms with Crippen LogP contribution in [0.4, 0.5) is 0 Å². The lowest BCUT2D eigenvalue weighted by Crippen LogP contribution is -2.15. The Morgan fingerprint density at radius 1 is 1.07 bits per heavy atom. The van der Waals surface area contributed by atoms with E-state index in [-0.39, 0.29) is 16.9 Å². The lowest BCUT2D eigenvalue weighted by Gasteiger charge is -2.25. The van der Waals surface area contributed by atoms with E-state index in [2.05, 4.69) is 20.8 Å². The summed E-state index contributed by atoms with van der Waals surface area (Å²) in [5.74, 6) is 0.573. The summed E-state index contributed by atoms with van der Waals surface area (Å²) < 4.78 is 0. The first kappa shape index (κ1) is 11.9. The van der Waals surface area contributed by atoms with Crippen LogP contribution in [0.1, 0.15) is 45.2 Å². The maximum absolute atomic E-state index is 9.90. The summed E-state index contributed by atoms with van der Waals surface area (Å²) >= 11 is 0. The first-order valence-electron chi connectivity index (χ1n) is 5.47. The first-order chi connectivity index (χ1) is 6.92. The zero-order valence-electron chi connectivity index (χ0n) is 9.96. The van der Waals surface area contributed by atoms with E-state index in [0.29, 0.717) is 0 Å². The van der Waals surface area contributed by atoms with Gasteiger partial charge in [-0.05, 0) is 36.0 Å². The van der Waals surface area contributed by atoms with Crippen molar-refractivity contribution in [3.8, 4) is 11.5 Å². The van der Waals surface area contributed by atoms with Gasteiger partial charge in [-0.15, -0.1) is 0 Å². The van der Waals surface area contributed by atoms with Crippen LogP contribution in [0.15, 0.2) is 12.1 Å². The molecule has 0 aliphatic carbocycles. The zero-order chi connectivity index (χ0) is 11.6. The normalized spacial score (nSPS) is 11.7. The molecule has 2 N–H and O–H groups in total. The van der Waals surface area contributed by atoms with Gasteiger partial charge in [0.05, 0.1) is 0 Å². The molecule has 0 heterocycles. The fourth-order valence-electron chi connectivity index (χ4n) is 1.64. The highest BCUT2D eigenvalue weighted by molar-refractivity contribution is 5.48. The predicted octanol–water partition coefficient (Wildman–Crippen LogP) is 3.35. The fraction of sp³-hybridized carbons (Fsp3) is 0.538. The van der Waals surface area contributed by atoms with Gasteiger partial charge >= 0.3 is 0 Å². The summed E-state index contributed by atoms with van der Waals surface area (Å²) in [5, 5.41) is 19.7. The largest absolute Gasteiger partial charge is 0.508 e. The highest BCUT2D eigenvalue weighted by atomic mass is 16.3. The molecule has 0 spiro atoms. The van der Waals surface area contributed by atoms with E-state index in [4.69, 9.17) is 0 Å². The van der Waals surface area contributed by atoms with Gasteiger partial charge in [-0.3, -0.25) is 0 Å². The van der Waals surface area contributed by atoms with Gasteiger partial charge < -0.3 is 10.2 Å². The summed E-state index contributed by atoms with van der Waals surface area (Å²) in [6, 6.07) is 3.36. The molecule has 0 unspecified atom stereocenters. The van der Waals surface area contributed by atoms with Gasteiger partial charge in [0.1, 0.15) is 11.5 Å². The van der Waals surface area contributed by atoms with Gasteiger partial charge in [0.15, 0.2) is 0 Å². The van der Waals surface area contributed by atoms with Gasteiger partial charge in [-0.25, -0.2) is 0 Å². The lowest BCUT2D eigenvalue weighted by atomic mass is 9.81. The second-order valence-electron chi connectivity index (χ2n) is 4.59. The molecule has 2 heteroatoms. The lowest BCUT2D eigenvalue weighted by molar-refractivity contribution is 0.417. The van der Waals surface area contributed by atoms with Crippen molar-refractivity contribution in [3.05, 3.63) is 23.3 Å². The topological polar surface area (TPSA) is 40.5 Å². The molecule has 15 heavy (non-hydrogen) atoms. The molecule has 2 nitrogen and oxygen atoms in total. The molecule has 0 aliphatic heterocycles. The van der Waals surface area contributed by atoms with Crippen LogP contribution in [0.5, 0.6) is 11.5 Å². The van der Waals surface area contributed by atoms with Crippen LogP contribution in [0, 0.1) is 0 Å². The molecule has 1 rings (SSSR count). The van der Waals surface area contributed by atoms with E-state index >= 15 is 0 Å². The van der Waals surface area contributed by atoms with Crippen LogP contribution in [0.3, 0.4) is 0 Å². The highest BCUT2D eigenvalue weighted by Crippen LogP contribution is 2.37. The summed E-state index contributed by atoms with van der Waals surface area (Å²) in [6.45, 7) is 8.16. The third-order valence-corrected chi connectivity index (χ3v) is 3.19. The van der Waals surface area contributed by atoms with Crippen molar-refractivity contribution in [1.82, 2.24) is 0 Å². The van der Waals surface area contributed by atoms with Crippen LogP contribution in [0.25, 0.3) is 0 Å². The maximum atomic E-state index is 9.90. The van der Waals surface area contributed by atoms with Gasteiger partial charge in [0.25, 0.3) is 0 Å². The van der Waals surface area contributed by atoms with Crippen molar-refractivity contribution in [3.63, 3.8) is 0 Å². The minimum absolute atomic E-state index is 0.103. The van der Waals surface area contributed by atoms with Crippen LogP contribution in [0.2, 0.25) is 0 Å². The van der Waals surface area contributed by atoms with Gasteiger partial charge in [0.2, 0.25) is 0 Å². The van der Waals surface area contributed by atoms with Gasteiger partial charge in [0, 0.05) is 5.56 Å². The maximum Gasteiger partial charge on any atom is 0.119 e. The summed E-state index contributed by atoms with van der Waals surface area (Å²) in [4.78, 5) is 0. The second kappa shape index (κ2) is 4.13. The summed E-state index contributed by atoms with van der Waals surface area (Å²) in [7, 11) is 0. The standard InChI is InChI=1S/C13H20O2/c1-5-9-7-12(15)10(8-11(9)14)13(3,4)6-2/h7-8,14-15H,5-6H2,1-4H3. The minimum atomic E-state index is -0.103. The number of hydrogen-bond donors (Lipinski definition) is 2. The first-order valence-corrected chi connectivity index (χ1v) is 5.47. The SMILES string of the molecule is CCc1cc(O)c(C(C)(C)CC)cc1O. The number of phenolic OH excluding ortho intramolecular Hbond substituents is 2. The van der Waals surface area contributed by atoms with Crippen molar-refractivity contribution in [2.24, 2.45) is 0 Å². The molecular formula is C13H20O2. The molecular weight excluding hydrogens is 188 g/mol. The van der Waals surface area contributed by atoms with E-state index in [0.717, 1.165) is 24.0 Å². The van der Waals surface area contributed by atoms with E-state index in [9.17, 15) is 10.2 Å². The Morgan fingerprint density at radius 3 is 2.13 bits per heavy atom. The fourth-order valence-corrected chi connectivity index (χ4v) is 1.64. The molecule has 0 radical (unpaired) electrons. The molecule has 0 saturated heterocycles. The number of benzene rings is 1. The molecule has 84 valence electrons. The highest BCUT2D eigenvalue weighted by Gasteiger charge is 2.23. The van der Waals surface area contributed by atoms with Crippen molar-refractivity contribution in [2.75, 3.05) is 0 Å². The number of hydrogen-bond acceptors (Lipinski definition) is 2. The summed E-state index contributed by atoms with van der Waals surface area (Å²) in [5.41, 5.74) is 1.51. The van der Waals surface area contributed by atoms with Crippen LogP contribution >= 0.6 is 0 Å². The van der Waals surface area contributed by atoms with E-state index in [1.807, 2.05) is 6.92 Å². The molecule has 0 fully saturated rings. The average Bonchev–Trinajstić information content (AvgIpc) is 2.20. The Morgan fingerprint density at radius 2 is 1.67 bits per heavy atom. The van der Waals surface area contributed by atoms with Gasteiger partial charge in [-0.1, -0.05) is 27.7 Å². The van der Waals surface area contributed by atoms with E-state index in [1.54, 1.807) is 12.1 Å². The molecule has 0 saturated carbocycles. The van der Waals surface area contributed by atoms with Crippen LogP contribution < -0.4 is 0 Å². The van der Waals surface area contributed by atoms with Gasteiger partial charge in [-0.2, -0.15) is 0 Å². The minimum Gasteiger partial charge on any atom is -0.508 e. The Kier molecular flexibility index (Phi) is 3.28. The summed E-state index contributed by atoms with van der Waals surface area (Å²) in [6.07, 6.45) is 1.65. The van der Waals surface area contributed by atoms with Crippen LogP contribution in [-0.4, -0.2) is 10.2 Å². The number of rotatable bonds is 3. The van der Waals surface area contributed by atoms with Crippen molar-refractivity contribution < 1.29 is 10.2 Å². The molecule has 0 amide bonds. The van der Waals surface area contributed by atoms with Crippen molar-refractivity contribution in [1.29, 1.82) is 0 Å². The molecule has 0 atom stereocenters. The Balaban J connectivity index is 3.28. The Labute approximate surface area is 91.6 Å². The van der Waals surface area contributed by atoms with Crippen molar-refractivity contribution in [2.45, 2.75) is 46.0 Å². The zero-order valence-corrected chi connectivity index (χ0v) is 9.96. The molecule has 0 bridgehead atoms. The van der Waals surface area contributed by atoms with E-state index in [1.165, 1.54) is 0 Å². The number of phenols is 2. The molecule has 1 aromatic carbocycles. The molecule has 1 aromatic rings. The third kappa shape index (κ3) is 2.25. The molecule has 0 aliphatic rings. The van der Waals surface area contributed by atoms with E-state index < -0.39 is 0 Å². The third-order valence-electron chi connectivity index (χ3n) is 3.19. The Bertz CT molecular complexity index is 354. The quantitative estimate of drug-likeness (QED) is 0.748. The second-order valence-corrected chi connectivity index (χ2v) is 4.59. The predicted molar refractivity (Wildman–Crippen MR) is 62.5 cm³/mol. The average molecular weight is 208 g/mol. The smallest absolute Gasteiger partial charge is 0.119 e. The van der Waals surface area contributed by atoms with Crippen molar-refractivity contribution >= 4 is 0 Å². The molecule has 0 aromatic heterocycles. The van der Waals surface area contributed by atoms with Crippen LogP contribution in [-0.2, 0) is 11.8 Å².